The first-order valence-corrected chi connectivity index (χ1v) is 8.65. The Labute approximate surface area is 145 Å². The minimum absolute atomic E-state index is 0.0346. The lowest BCUT2D eigenvalue weighted by molar-refractivity contribution is -0.380. The van der Waals surface area contributed by atoms with Gasteiger partial charge in [-0.05, 0) is 13.0 Å². The van der Waals surface area contributed by atoms with Crippen molar-refractivity contribution in [3.63, 3.8) is 0 Å². The highest BCUT2D eigenvalue weighted by Gasteiger charge is 2.17. The number of esters is 1. The van der Waals surface area contributed by atoms with Crippen LogP contribution in [0.2, 0.25) is 0 Å². The molecule has 3 aromatic rings. The summed E-state index contributed by atoms with van der Waals surface area (Å²) in [5.74, 6) is -0.585. The van der Waals surface area contributed by atoms with Crippen molar-refractivity contribution in [1.82, 2.24) is 4.98 Å². The molecule has 6 nitrogen and oxygen atoms in total. The van der Waals surface area contributed by atoms with Crippen LogP contribution in [0.15, 0.2) is 41.8 Å². The van der Waals surface area contributed by atoms with E-state index in [0.717, 1.165) is 21.9 Å². The van der Waals surface area contributed by atoms with E-state index in [1.165, 1.54) is 29.0 Å². The highest BCUT2D eigenvalue weighted by molar-refractivity contribution is 7.17. The van der Waals surface area contributed by atoms with Gasteiger partial charge in [-0.25, -0.2) is 9.78 Å². The number of ether oxygens (including phenoxy) is 1. The normalized spacial score (nSPS) is 10.5. The Morgan fingerprint density at radius 1 is 1.25 bits per heavy atom. The summed E-state index contributed by atoms with van der Waals surface area (Å²) in [6, 6.07) is 10.7. The fourth-order valence-corrected chi connectivity index (χ4v) is 3.47. The lowest BCUT2D eigenvalue weighted by Gasteiger charge is -2.00. The number of thiophene rings is 1. The van der Waals surface area contributed by atoms with Crippen LogP contribution >= 0.6 is 22.7 Å². The number of benzene rings is 1. The number of thiazole rings is 1. The zero-order valence-corrected chi connectivity index (χ0v) is 14.2. The molecule has 3 rings (SSSR count). The zero-order chi connectivity index (χ0) is 17.1. The first kappa shape index (κ1) is 16.3. The molecule has 24 heavy (non-hydrogen) atoms. The maximum Gasteiger partial charge on any atom is 0.348 e. The number of aryl methyl sites for hydroxylation is 1. The molecule has 1 aromatic carbocycles. The third-order valence-corrected chi connectivity index (χ3v) is 5.13. The molecule has 2 heterocycles. The Morgan fingerprint density at radius 3 is 2.67 bits per heavy atom. The summed E-state index contributed by atoms with van der Waals surface area (Å²) in [7, 11) is 0. The van der Waals surface area contributed by atoms with Gasteiger partial charge in [0, 0.05) is 17.0 Å². The van der Waals surface area contributed by atoms with E-state index >= 15 is 0 Å². The van der Waals surface area contributed by atoms with Crippen LogP contribution in [0.4, 0.5) is 5.00 Å². The van der Waals surface area contributed by atoms with Crippen molar-refractivity contribution in [1.29, 1.82) is 0 Å². The number of rotatable bonds is 5. The predicted molar refractivity (Wildman–Crippen MR) is 92.4 cm³/mol. The van der Waals surface area contributed by atoms with Crippen molar-refractivity contribution in [2.45, 2.75) is 13.5 Å². The molecular weight excluding hydrogens is 348 g/mol. The van der Waals surface area contributed by atoms with E-state index in [0.29, 0.717) is 5.69 Å². The largest absolute Gasteiger partial charge is 0.455 e. The number of nitro groups is 1. The molecular formula is C16H12N2O4S2. The van der Waals surface area contributed by atoms with Gasteiger partial charge in [-0.15, -0.1) is 11.3 Å². The molecule has 2 aromatic heterocycles. The van der Waals surface area contributed by atoms with Crippen molar-refractivity contribution in [2.75, 3.05) is 0 Å². The lowest BCUT2D eigenvalue weighted by atomic mass is 10.2. The summed E-state index contributed by atoms with van der Waals surface area (Å²) in [6.07, 6.45) is 0. The average molecular weight is 360 g/mol. The van der Waals surface area contributed by atoms with Crippen LogP contribution in [0.5, 0.6) is 0 Å². The SMILES string of the molecule is Cc1ccc(-c2nc(COC(=O)c3ccc([N+](=O)[O-])s3)cs2)cc1. The smallest absolute Gasteiger partial charge is 0.348 e. The second kappa shape index (κ2) is 6.90. The van der Waals surface area contributed by atoms with Gasteiger partial charge in [0.25, 0.3) is 0 Å². The number of carbonyl (C=O) groups excluding carboxylic acids is 1. The third kappa shape index (κ3) is 3.66. The minimum Gasteiger partial charge on any atom is -0.455 e. The molecule has 0 radical (unpaired) electrons. The molecule has 0 atom stereocenters. The van der Waals surface area contributed by atoms with Crippen LogP contribution in [0, 0.1) is 17.0 Å². The summed E-state index contributed by atoms with van der Waals surface area (Å²) < 4.78 is 5.17. The molecule has 0 saturated carbocycles. The number of carbonyl (C=O) groups is 1. The van der Waals surface area contributed by atoms with Crippen LogP contribution in [0.1, 0.15) is 20.9 Å². The number of aromatic nitrogens is 1. The van der Waals surface area contributed by atoms with Crippen LogP contribution < -0.4 is 0 Å². The molecule has 0 unspecified atom stereocenters. The number of hydrogen-bond donors (Lipinski definition) is 0. The van der Waals surface area contributed by atoms with E-state index in [1.807, 2.05) is 36.6 Å². The van der Waals surface area contributed by atoms with Gasteiger partial charge in [0.05, 0.1) is 10.6 Å². The third-order valence-electron chi connectivity index (χ3n) is 3.17. The van der Waals surface area contributed by atoms with Gasteiger partial charge < -0.3 is 4.74 Å². The minimum atomic E-state index is -0.585. The molecule has 0 fully saturated rings. The monoisotopic (exact) mass is 360 g/mol. The van der Waals surface area contributed by atoms with E-state index in [2.05, 4.69) is 4.98 Å². The molecule has 0 amide bonds. The molecule has 0 saturated heterocycles. The topological polar surface area (TPSA) is 82.3 Å². The quantitative estimate of drug-likeness (QED) is 0.381. The Balaban J connectivity index is 1.63. The van der Waals surface area contributed by atoms with Gasteiger partial charge in [-0.3, -0.25) is 10.1 Å². The van der Waals surface area contributed by atoms with E-state index in [9.17, 15) is 14.9 Å². The molecule has 8 heteroatoms. The average Bonchev–Trinajstić information content (AvgIpc) is 3.23. The molecule has 0 spiro atoms. The number of nitrogens with zero attached hydrogens (tertiary/aromatic N) is 2. The summed E-state index contributed by atoms with van der Waals surface area (Å²) in [5, 5.41) is 13.2. The highest BCUT2D eigenvalue weighted by Crippen LogP contribution is 2.26. The van der Waals surface area contributed by atoms with Crippen molar-refractivity contribution >= 4 is 33.6 Å². The van der Waals surface area contributed by atoms with Crippen molar-refractivity contribution in [2.24, 2.45) is 0 Å². The first-order valence-electron chi connectivity index (χ1n) is 6.96. The van der Waals surface area contributed by atoms with Gasteiger partial charge in [-0.2, -0.15) is 0 Å². The Hall–Kier alpha value is -2.58. The molecule has 0 bridgehead atoms. The predicted octanol–water partition coefficient (Wildman–Crippen LogP) is 4.45. The Bertz CT molecular complexity index is 884. The van der Waals surface area contributed by atoms with E-state index in [-0.39, 0.29) is 16.5 Å². The standard InChI is InChI=1S/C16H12N2O4S2/c1-10-2-4-11(5-3-10)15-17-12(9-23-15)8-22-16(19)13-6-7-14(24-13)18(20)21/h2-7,9H,8H2,1H3. The van der Waals surface area contributed by atoms with Crippen LogP contribution in [-0.4, -0.2) is 15.9 Å². The van der Waals surface area contributed by atoms with Gasteiger partial charge in [0.2, 0.25) is 0 Å². The van der Waals surface area contributed by atoms with Crippen LogP contribution in [0.25, 0.3) is 10.6 Å². The zero-order valence-electron chi connectivity index (χ0n) is 12.6. The second-order valence-electron chi connectivity index (χ2n) is 4.98. The Kier molecular flexibility index (Phi) is 4.68. The van der Waals surface area contributed by atoms with Crippen molar-refractivity contribution in [3.8, 4) is 10.6 Å². The second-order valence-corrected chi connectivity index (χ2v) is 6.90. The highest BCUT2D eigenvalue weighted by atomic mass is 32.1. The van der Waals surface area contributed by atoms with Gasteiger partial charge in [0.1, 0.15) is 16.5 Å². The summed E-state index contributed by atoms with van der Waals surface area (Å²) in [4.78, 5) is 26.7. The van der Waals surface area contributed by atoms with Gasteiger partial charge in [-0.1, -0.05) is 41.2 Å². The fourth-order valence-electron chi connectivity index (χ4n) is 1.95. The summed E-state index contributed by atoms with van der Waals surface area (Å²) in [6.45, 7) is 2.05. The molecule has 0 aliphatic carbocycles. The van der Waals surface area contributed by atoms with Crippen LogP contribution in [-0.2, 0) is 11.3 Å². The maximum absolute atomic E-state index is 11.9. The molecule has 0 N–H and O–H groups in total. The van der Waals surface area contributed by atoms with Crippen LogP contribution in [0.3, 0.4) is 0 Å². The van der Waals surface area contributed by atoms with E-state index in [1.54, 1.807) is 0 Å². The van der Waals surface area contributed by atoms with Gasteiger partial charge >= 0.3 is 11.0 Å². The maximum atomic E-state index is 11.9. The fraction of sp³-hybridized carbons (Fsp3) is 0.125. The van der Waals surface area contributed by atoms with Crippen molar-refractivity contribution in [3.05, 3.63) is 68.0 Å². The first-order chi connectivity index (χ1) is 11.5. The summed E-state index contributed by atoms with van der Waals surface area (Å²) >= 11 is 2.27. The molecule has 0 aliphatic rings. The van der Waals surface area contributed by atoms with Crippen molar-refractivity contribution < 1.29 is 14.5 Å². The summed E-state index contributed by atoms with van der Waals surface area (Å²) in [5.41, 5.74) is 2.83. The van der Waals surface area contributed by atoms with Gasteiger partial charge in [0.15, 0.2) is 0 Å². The number of hydrogen-bond acceptors (Lipinski definition) is 7. The molecule has 122 valence electrons. The van der Waals surface area contributed by atoms with E-state index in [4.69, 9.17) is 4.74 Å². The Morgan fingerprint density at radius 2 is 2.00 bits per heavy atom. The molecule has 0 aliphatic heterocycles. The lowest BCUT2D eigenvalue weighted by Crippen LogP contribution is -2.03. The van der Waals surface area contributed by atoms with E-state index < -0.39 is 10.9 Å².